The van der Waals surface area contributed by atoms with Crippen molar-refractivity contribution in [1.82, 2.24) is 4.31 Å². The maximum absolute atomic E-state index is 12.7. The normalized spacial score (nSPS) is 11.8. The molecule has 10 heteroatoms. The Morgan fingerprint density at radius 2 is 1.85 bits per heavy atom. The second kappa shape index (κ2) is 8.34. The zero-order valence-electron chi connectivity index (χ0n) is 13.7. The van der Waals surface area contributed by atoms with E-state index in [-0.39, 0.29) is 37.8 Å². The largest absolute Gasteiger partial charge is 0.321 e. The molecule has 2 aromatic rings. The summed E-state index contributed by atoms with van der Waals surface area (Å²) in [7, 11) is -0.954. The molecule has 0 aliphatic heterocycles. The van der Waals surface area contributed by atoms with E-state index in [1.165, 1.54) is 56.6 Å². The second-order valence-corrected chi connectivity index (χ2v) is 8.82. The van der Waals surface area contributed by atoms with Crippen molar-refractivity contribution >= 4 is 45.0 Å². The highest BCUT2D eigenvalue weighted by Crippen LogP contribution is 2.37. The van der Waals surface area contributed by atoms with E-state index in [9.17, 15) is 22.0 Å². The molecule has 0 spiro atoms. The van der Waals surface area contributed by atoms with Crippen LogP contribution >= 0.6 is 23.4 Å². The number of amides is 1. The summed E-state index contributed by atoms with van der Waals surface area (Å²) in [6.45, 7) is 0. The number of alkyl halides is 2. The fourth-order valence-corrected chi connectivity index (χ4v) is 3.88. The molecule has 0 atom stereocenters. The van der Waals surface area contributed by atoms with Crippen molar-refractivity contribution in [3.05, 3.63) is 53.1 Å². The monoisotopic (exact) mass is 420 g/mol. The van der Waals surface area contributed by atoms with Gasteiger partial charge >= 0.3 is 0 Å². The molecule has 26 heavy (non-hydrogen) atoms. The van der Waals surface area contributed by atoms with Crippen molar-refractivity contribution in [2.75, 3.05) is 19.4 Å². The van der Waals surface area contributed by atoms with Crippen LogP contribution in [0.4, 0.5) is 14.5 Å². The maximum Gasteiger partial charge on any atom is 0.289 e. The number of thioether (sulfide) groups is 1. The number of nitrogens with zero attached hydrogens (tertiary/aromatic N) is 1. The van der Waals surface area contributed by atoms with E-state index in [4.69, 9.17) is 11.6 Å². The van der Waals surface area contributed by atoms with E-state index in [1.807, 2.05) is 0 Å². The van der Waals surface area contributed by atoms with Crippen molar-refractivity contribution in [2.45, 2.75) is 15.5 Å². The van der Waals surface area contributed by atoms with Crippen LogP contribution in [0.2, 0.25) is 5.02 Å². The van der Waals surface area contributed by atoms with E-state index >= 15 is 0 Å². The van der Waals surface area contributed by atoms with E-state index in [0.29, 0.717) is 0 Å². The molecule has 0 aromatic heterocycles. The third-order valence-electron chi connectivity index (χ3n) is 3.30. The van der Waals surface area contributed by atoms with E-state index in [0.717, 1.165) is 4.31 Å². The van der Waals surface area contributed by atoms with E-state index in [2.05, 4.69) is 5.32 Å². The lowest BCUT2D eigenvalue weighted by Crippen LogP contribution is -2.22. The molecule has 0 saturated heterocycles. The van der Waals surface area contributed by atoms with Crippen LogP contribution in [0.15, 0.2) is 52.3 Å². The van der Waals surface area contributed by atoms with Crippen LogP contribution in [0.3, 0.4) is 0 Å². The molecule has 5 nitrogen and oxygen atoms in total. The predicted octanol–water partition coefficient (Wildman–Crippen LogP) is 4.16. The van der Waals surface area contributed by atoms with Crippen molar-refractivity contribution < 1.29 is 22.0 Å². The van der Waals surface area contributed by atoms with Gasteiger partial charge in [-0.25, -0.2) is 12.7 Å². The molecule has 0 fully saturated rings. The molecule has 0 heterocycles. The average Bonchev–Trinajstić information content (AvgIpc) is 2.57. The minimum Gasteiger partial charge on any atom is -0.321 e. The predicted molar refractivity (Wildman–Crippen MR) is 98.6 cm³/mol. The molecule has 0 radical (unpaired) electrons. The Morgan fingerprint density at radius 1 is 1.19 bits per heavy atom. The molecule has 1 amide bonds. The van der Waals surface area contributed by atoms with Gasteiger partial charge in [-0.3, -0.25) is 4.79 Å². The Kier molecular flexibility index (Phi) is 6.62. The number of nitrogens with one attached hydrogen (secondary N) is 1. The molecule has 0 aliphatic carbocycles. The van der Waals surface area contributed by atoms with Gasteiger partial charge in [0, 0.05) is 19.7 Å². The van der Waals surface area contributed by atoms with Gasteiger partial charge in [-0.05, 0) is 30.3 Å². The second-order valence-electron chi connectivity index (χ2n) is 5.26. The summed E-state index contributed by atoms with van der Waals surface area (Å²) in [5.74, 6) is -3.35. The number of hydrogen-bond donors (Lipinski definition) is 1. The Bertz CT molecular complexity index is 921. The summed E-state index contributed by atoms with van der Waals surface area (Å²) >= 11 is 6.15. The number of sulfonamides is 1. The molecule has 1 N–H and O–H groups in total. The van der Waals surface area contributed by atoms with Gasteiger partial charge in [-0.2, -0.15) is 8.78 Å². The first-order valence-electron chi connectivity index (χ1n) is 7.20. The van der Waals surface area contributed by atoms with Gasteiger partial charge in [0.15, 0.2) is 0 Å². The first kappa shape index (κ1) is 20.6. The van der Waals surface area contributed by atoms with Crippen LogP contribution < -0.4 is 5.32 Å². The zero-order chi connectivity index (χ0) is 19.5. The summed E-state index contributed by atoms with van der Waals surface area (Å²) in [5, 5.41) is 2.58. The molecule has 0 saturated carbocycles. The Balaban J connectivity index is 2.34. The number of carbonyl (C=O) groups is 1. The van der Waals surface area contributed by atoms with Crippen molar-refractivity contribution in [1.29, 1.82) is 0 Å². The van der Waals surface area contributed by atoms with Gasteiger partial charge in [0.1, 0.15) is 0 Å². The molecule has 0 unspecified atom stereocenters. The molecule has 0 bridgehead atoms. The third-order valence-corrected chi connectivity index (χ3v) is 6.39. The fraction of sp³-hybridized carbons (Fsp3) is 0.188. The van der Waals surface area contributed by atoms with Gasteiger partial charge in [0.05, 0.1) is 20.5 Å². The van der Waals surface area contributed by atoms with Crippen LogP contribution in [-0.2, 0) is 10.0 Å². The molecular formula is C16H15ClF2N2O3S2. The Morgan fingerprint density at radius 3 is 2.46 bits per heavy atom. The van der Waals surface area contributed by atoms with Crippen LogP contribution in [0.5, 0.6) is 0 Å². The van der Waals surface area contributed by atoms with Crippen LogP contribution in [0.25, 0.3) is 0 Å². The zero-order valence-corrected chi connectivity index (χ0v) is 16.1. The highest BCUT2D eigenvalue weighted by Gasteiger charge is 2.20. The van der Waals surface area contributed by atoms with Gasteiger partial charge in [-0.15, -0.1) is 0 Å². The Labute approximate surface area is 159 Å². The number of anilines is 1. The lowest BCUT2D eigenvalue weighted by molar-refractivity contribution is 0.102. The molecule has 0 aliphatic rings. The Hall–Kier alpha value is -1.68. The fourth-order valence-electron chi connectivity index (χ4n) is 2.02. The summed E-state index contributed by atoms with van der Waals surface area (Å²) < 4.78 is 50.8. The van der Waals surface area contributed by atoms with Gasteiger partial charge < -0.3 is 5.32 Å². The third kappa shape index (κ3) is 4.73. The topological polar surface area (TPSA) is 66.5 Å². The SMILES string of the molecule is CN(C)S(=O)(=O)c1cccc(C(=O)Nc2cccc(Cl)c2SC(F)F)c1. The number of halogens is 3. The van der Waals surface area contributed by atoms with Crippen molar-refractivity contribution in [2.24, 2.45) is 0 Å². The standard InChI is InChI=1S/C16H15ClF2N2O3S2/c1-21(2)26(23,24)11-6-3-5-10(9-11)15(22)20-13-8-4-7-12(17)14(13)25-16(18)19/h3-9,16H,1-2H3,(H,20,22). The lowest BCUT2D eigenvalue weighted by atomic mass is 10.2. The highest BCUT2D eigenvalue weighted by atomic mass is 35.5. The number of hydrogen-bond acceptors (Lipinski definition) is 4. The highest BCUT2D eigenvalue weighted by molar-refractivity contribution is 7.99. The number of rotatable bonds is 6. The molecular weight excluding hydrogens is 406 g/mol. The summed E-state index contributed by atoms with van der Waals surface area (Å²) in [6.07, 6.45) is 0. The lowest BCUT2D eigenvalue weighted by Gasteiger charge is -2.14. The molecule has 2 aromatic carbocycles. The minimum atomic E-state index is -3.71. The summed E-state index contributed by atoms with van der Waals surface area (Å²) in [6, 6.07) is 9.83. The maximum atomic E-state index is 12.7. The molecule has 140 valence electrons. The number of carbonyl (C=O) groups excluding carboxylic acids is 1. The first-order chi connectivity index (χ1) is 12.1. The molecule has 2 rings (SSSR count). The van der Waals surface area contributed by atoms with Crippen molar-refractivity contribution in [3.63, 3.8) is 0 Å². The van der Waals surface area contributed by atoms with Gasteiger partial charge in [0.2, 0.25) is 10.0 Å². The van der Waals surface area contributed by atoms with Crippen LogP contribution in [0.1, 0.15) is 10.4 Å². The number of benzene rings is 2. The van der Waals surface area contributed by atoms with Crippen molar-refractivity contribution in [3.8, 4) is 0 Å². The smallest absolute Gasteiger partial charge is 0.289 e. The van der Waals surface area contributed by atoms with Crippen LogP contribution in [0, 0.1) is 0 Å². The first-order valence-corrected chi connectivity index (χ1v) is 9.90. The summed E-state index contributed by atoms with van der Waals surface area (Å²) in [4.78, 5) is 12.4. The van der Waals surface area contributed by atoms with E-state index in [1.54, 1.807) is 0 Å². The van der Waals surface area contributed by atoms with Gasteiger partial charge in [-0.1, -0.05) is 35.5 Å². The summed E-state index contributed by atoms with van der Waals surface area (Å²) in [5.41, 5.74) is 0.189. The quantitative estimate of drug-likeness (QED) is 0.712. The van der Waals surface area contributed by atoms with E-state index < -0.39 is 21.7 Å². The average molecular weight is 421 g/mol. The minimum absolute atomic E-state index is 0.0367. The van der Waals surface area contributed by atoms with Gasteiger partial charge in [0.25, 0.3) is 11.7 Å². The van der Waals surface area contributed by atoms with Crippen LogP contribution in [-0.4, -0.2) is 38.5 Å².